The van der Waals surface area contributed by atoms with E-state index in [2.05, 4.69) is 10.3 Å². The summed E-state index contributed by atoms with van der Waals surface area (Å²) in [6, 6.07) is 15.3. The fourth-order valence-electron chi connectivity index (χ4n) is 2.78. The number of aromatic nitrogens is 1. The van der Waals surface area contributed by atoms with E-state index in [4.69, 9.17) is 0 Å². The van der Waals surface area contributed by atoms with Crippen LogP contribution in [0.3, 0.4) is 0 Å². The molecule has 0 bridgehead atoms. The van der Waals surface area contributed by atoms with Crippen LogP contribution in [0.25, 0.3) is 10.9 Å². The van der Waals surface area contributed by atoms with Crippen molar-refractivity contribution in [1.29, 1.82) is 5.26 Å². The van der Waals surface area contributed by atoms with Crippen LogP contribution in [-0.4, -0.2) is 21.6 Å². The molecule has 7 nitrogen and oxygen atoms in total. The van der Waals surface area contributed by atoms with E-state index in [-0.39, 0.29) is 17.8 Å². The number of aryl methyl sites for hydroxylation is 1. The number of nitriles is 1. The van der Waals surface area contributed by atoms with E-state index in [1.54, 1.807) is 0 Å². The first-order valence-corrected chi connectivity index (χ1v) is 7.96. The number of aliphatic hydroxyl groups excluding tert-OH is 1. The number of pyridine rings is 1. The Labute approximate surface area is 149 Å². The van der Waals surface area contributed by atoms with Crippen molar-refractivity contribution in [1.82, 2.24) is 4.98 Å². The van der Waals surface area contributed by atoms with Crippen LogP contribution >= 0.6 is 0 Å². The highest BCUT2D eigenvalue weighted by Gasteiger charge is 2.13. The van der Waals surface area contributed by atoms with Crippen molar-refractivity contribution in [3.05, 3.63) is 75.3 Å². The number of hydrogen-bond donors (Lipinski definition) is 2. The third-order valence-electron chi connectivity index (χ3n) is 4.15. The van der Waals surface area contributed by atoms with Gasteiger partial charge in [-0.15, -0.1) is 0 Å². The van der Waals surface area contributed by atoms with Gasteiger partial charge in [0.2, 0.25) is 0 Å². The van der Waals surface area contributed by atoms with Crippen LogP contribution < -0.4 is 5.32 Å². The maximum Gasteiger partial charge on any atom is 0.270 e. The third kappa shape index (κ3) is 3.45. The molecule has 0 amide bonds. The SMILES string of the molecule is Cc1ccccc1C(O)CNc1cc(C#N)c2cc([N+](=O)[O-])ccc2n1. The maximum absolute atomic E-state index is 10.9. The highest BCUT2D eigenvalue weighted by molar-refractivity contribution is 5.88. The Morgan fingerprint density at radius 1 is 1.31 bits per heavy atom. The van der Waals surface area contributed by atoms with Gasteiger partial charge >= 0.3 is 0 Å². The summed E-state index contributed by atoms with van der Waals surface area (Å²) >= 11 is 0. The van der Waals surface area contributed by atoms with Crippen molar-refractivity contribution in [2.24, 2.45) is 0 Å². The molecule has 1 aromatic heterocycles. The fraction of sp³-hybridized carbons (Fsp3) is 0.158. The van der Waals surface area contributed by atoms with Gasteiger partial charge in [0.05, 0.1) is 28.2 Å². The number of hydrogen-bond acceptors (Lipinski definition) is 6. The van der Waals surface area contributed by atoms with Crippen LogP contribution in [-0.2, 0) is 0 Å². The number of nitrogens with one attached hydrogen (secondary N) is 1. The zero-order valence-corrected chi connectivity index (χ0v) is 14.0. The van der Waals surface area contributed by atoms with Crippen LogP contribution in [0.5, 0.6) is 0 Å². The minimum Gasteiger partial charge on any atom is -0.387 e. The molecule has 0 aliphatic rings. The number of anilines is 1. The standard InChI is InChI=1S/C19H16N4O3/c1-12-4-2-3-5-15(12)18(24)11-21-19-8-13(10-20)16-9-14(23(25)26)6-7-17(16)22-19/h2-9,18,24H,11H2,1H3,(H,21,22). The Hall–Kier alpha value is -3.50. The van der Waals surface area contributed by atoms with E-state index >= 15 is 0 Å². The molecule has 3 rings (SSSR count). The van der Waals surface area contributed by atoms with Gasteiger partial charge in [0, 0.05) is 24.1 Å². The summed E-state index contributed by atoms with van der Waals surface area (Å²) in [7, 11) is 0. The second-order valence-electron chi connectivity index (χ2n) is 5.88. The zero-order chi connectivity index (χ0) is 18.7. The zero-order valence-electron chi connectivity index (χ0n) is 14.0. The van der Waals surface area contributed by atoms with E-state index in [1.165, 1.54) is 24.3 Å². The molecule has 1 unspecified atom stereocenters. The summed E-state index contributed by atoms with van der Waals surface area (Å²) in [5, 5.41) is 34.1. The highest BCUT2D eigenvalue weighted by Crippen LogP contribution is 2.25. The second-order valence-corrected chi connectivity index (χ2v) is 5.88. The number of benzene rings is 2. The average molecular weight is 348 g/mol. The van der Waals surface area contributed by atoms with Gasteiger partial charge < -0.3 is 10.4 Å². The molecule has 1 atom stereocenters. The molecule has 26 heavy (non-hydrogen) atoms. The van der Waals surface area contributed by atoms with Gasteiger partial charge in [-0.2, -0.15) is 5.26 Å². The van der Waals surface area contributed by atoms with Crippen molar-refractivity contribution < 1.29 is 10.0 Å². The first-order valence-electron chi connectivity index (χ1n) is 7.96. The normalized spacial score (nSPS) is 11.7. The smallest absolute Gasteiger partial charge is 0.270 e. The molecule has 0 saturated heterocycles. The predicted molar refractivity (Wildman–Crippen MR) is 97.7 cm³/mol. The highest BCUT2D eigenvalue weighted by atomic mass is 16.6. The van der Waals surface area contributed by atoms with Crippen LogP contribution in [0.15, 0.2) is 48.5 Å². The minimum atomic E-state index is -0.726. The molecule has 2 aromatic carbocycles. The van der Waals surface area contributed by atoms with Crippen molar-refractivity contribution >= 4 is 22.4 Å². The Balaban J connectivity index is 1.87. The lowest BCUT2D eigenvalue weighted by Crippen LogP contribution is -2.14. The van der Waals surface area contributed by atoms with Crippen molar-refractivity contribution in [3.63, 3.8) is 0 Å². The number of aliphatic hydroxyl groups is 1. The van der Waals surface area contributed by atoms with E-state index in [0.717, 1.165) is 11.1 Å². The quantitative estimate of drug-likeness (QED) is 0.539. The van der Waals surface area contributed by atoms with E-state index in [1.807, 2.05) is 37.3 Å². The van der Waals surface area contributed by atoms with Crippen molar-refractivity contribution in [2.75, 3.05) is 11.9 Å². The molecule has 0 spiro atoms. The summed E-state index contributed by atoms with van der Waals surface area (Å²) in [6.07, 6.45) is -0.726. The number of nitro groups is 1. The van der Waals surface area contributed by atoms with Gasteiger partial charge in [-0.1, -0.05) is 24.3 Å². The van der Waals surface area contributed by atoms with Crippen LogP contribution in [0.1, 0.15) is 22.8 Å². The van der Waals surface area contributed by atoms with Gasteiger partial charge in [0.25, 0.3) is 5.69 Å². The largest absolute Gasteiger partial charge is 0.387 e. The molecule has 130 valence electrons. The Kier molecular flexibility index (Phi) is 4.78. The lowest BCUT2D eigenvalue weighted by Gasteiger charge is -2.15. The Morgan fingerprint density at radius 2 is 2.08 bits per heavy atom. The maximum atomic E-state index is 10.9. The second kappa shape index (κ2) is 7.17. The molecule has 7 heteroatoms. The Bertz CT molecular complexity index is 1030. The molecule has 0 saturated carbocycles. The van der Waals surface area contributed by atoms with Crippen molar-refractivity contribution in [3.8, 4) is 6.07 Å². The molecule has 0 aliphatic heterocycles. The van der Waals surface area contributed by atoms with Gasteiger partial charge in [-0.25, -0.2) is 4.98 Å². The molecular weight excluding hydrogens is 332 g/mol. The monoisotopic (exact) mass is 348 g/mol. The topological polar surface area (TPSA) is 112 Å². The summed E-state index contributed by atoms with van der Waals surface area (Å²) in [4.78, 5) is 14.8. The number of fused-ring (bicyclic) bond motifs is 1. The molecule has 2 N–H and O–H groups in total. The first-order chi connectivity index (χ1) is 12.5. The summed E-state index contributed by atoms with van der Waals surface area (Å²) in [5.41, 5.74) is 2.47. The molecule has 0 radical (unpaired) electrons. The lowest BCUT2D eigenvalue weighted by molar-refractivity contribution is -0.384. The van der Waals surface area contributed by atoms with Gasteiger partial charge in [-0.3, -0.25) is 10.1 Å². The summed E-state index contributed by atoms with van der Waals surface area (Å²) in [5.74, 6) is 0.426. The van der Waals surface area contributed by atoms with Crippen LogP contribution in [0.2, 0.25) is 0 Å². The predicted octanol–water partition coefficient (Wildman–Crippen LogP) is 3.47. The molecule has 0 aliphatic carbocycles. The fourth-order valence-corrected chi connectivity index (χ4v) is 2.78. The first kappa shape index (κ1) is 17.3. The number of rotatable bonds is 5. The van der Waals surface area contributed by atoms with Crippen LogP contribution in [0.4, 0.5) is 11.5 Å². The Morgan fingerprint density at radius 3 is 2.77 bits per heavy atom. The molecule has 0 fully saturated rings. The van der Waals surface area contributed by atoms with Crippen molar-refractivity contribution in [2.45, 2.75) is 13.0 Å². The average Bonchev–Trinajstić information content (AvgIpc) is 2.65. The van der Waals surface area contributed by atoms with Gasteiger partial charge in [0.15, 0.2) is 0 Å². The molecule has 1 heterocycles. The molecular formula is C19H16N4O3. The van der Waals surface area contributed by atoms with Gasteiger partial charge in [0.1, 0.15) is 5.82 Å². The van der Waals surface area contributed by atoms with E-state index < -0.39 is 11.0 Å². The minimum absolute atomic E-state index is 0.0912. The van der Waals surface area contributed by atoms with Crippen LogP contribution in [0, 0.1) is 28.4 Å². The number of nitrogens with zero attached hydrogens (tertiary/aromatic N) is 3. The van der Waals surface area contributed by atoms with Gasteiger partial charge in [-0.05, 0) is 30.2 Å². The lowest BCUT2D eigenvalue weighted by atomic mass is 10.0. The third-order valence-corrected chi connectivity index (χ3v) is 4.15. The summed E-state index contributed by atoms with van der Waals surface area (Å²) in [6.45, 7) is 2.15. The van der Waals surface area contributed by atoms with E-state index in [0.29, 0.717) is 16.7 Å². The summed E-state index contributed by atoms with van der Waals surface area (Å²) < 4.78 is 0. The number of nitro benzene ring substituents is 1. The molecule has 3 aromatic rings. The number of non-ortho nitro benzene ring substituents is 1. The van der Waals surface area contributed by atoms with E-state index in [9.17, 15) is 20.5 Å².